The predicted octanol–water partition coefficient (Wildman–Crippen LogP) is 3.21. The second kappa shape index (κ2) is 6.55. The highest BCUT2D eigenvalue weighted by atomic mass is 16.4. The Morgan fingerprint density at radius 1 is 1.05 bits per heavy atom. The van der Waals surface area contributed by atoms with Crippen molar-refractivity contribution in [3.8, 4) is 0 Å². The number of rotatable bonds is 6. The lowest BCUT2D eigenvalue weighted by molar-refractivity contribution is -0.145. The lowest BCUT2D eigenvalue weighted by atomic mass is 9.83. The number of benzene rings is 2. The Morgan fingerprint density at radius 2 is 1.57 bits per heavy atom. The van der Waals surface area contributed by atoms with Gasteiger partial charge in [-0.2, -0.15) is 0 Å². The summed E-state index contributed by atoms with van der Waals surface area (Å²) < 4.78 is 0. The van der Waals surface area contributed by atoms with Gasteiger partial charge in [0.1, 0.15) is 5.54 Å². The van der Waals surface area contributed by atoms with Crippen molar-refractivity contribution < 1.29 is 9.90 Å². The van der Waals surface area contributed by atoms with Crippen LogP contribution in [0.5, 0.6) is 0 Å². The van der Waals surface area contributed by atoms with Crippen LogP contribution < -0.4 is 5.32 Å². The van der Waals surface area contributed by atoms with E-state index in [-0.39, 0.29) is 6.04 Å². The van der Waals surface area contributed by atoms with Crippen LogP contribution in [-0.4, -0.2) is 17.1 Å². The van der Waals surface area contributed by atoms with Crippen molar-refractivity contribution in [3.05, 3.63) is 71.8 Å². The maximum Gasteiger partial charge on any atom is 0.328 e. The van der Waals surface area contributed by atoms with E-state index in [1.54, 1.807) is 0 Å². The van der Waals surface area contributed by atoms with Crippen molar-refractivity contribution in [3.63, 3.8) is 0 Å². The Balaban J connectivity index is 2.48. The SMILES string of the molecule is CC(C)NC(Cc1ccccc1)(C(=O)O)c1ccccc1. The zero-order valence-electron chi connectivity index (χ0n) is 12.4. The fraction of sp³-hybridized carbons (Fsp3) is 0.278. The summed E-state index contributed by atoms with van der Waals surface area (Å²) in [5.74, 6) is -0.855. The minimum absolute atomic E-state index is 0.0602. The molecule has 0 aliphatic carbocycles. The summed E-state index contributed by atoms with van der Waals surface area (Å²) in [6, 6.07) is 19.2. The number of carboxylic acid groups (broad SMARTS) is 1. The van der Waals surface area contributed by atoms with Gasteiger partial charge in [-0.15, -0.1) is 0 Å². The predicted molar refractivity (Wildman–Crippen MR) is 84.2 cm³/mol. The quantitative estimate of drug-likeness (QED) is 0.856. The first kappa shape index (κ1) is 15.3. The third-order valence-corrected chi connectivity index (χ3v) is 3.48. The van der Waals surface area contributed by atoms with Crippen LogP contribution in [0.15, 0.2) is 60.7 Å². The van der Waals surface area contributed by atoms with Gasteiger partial charge < -0.3 is 5.11 Å². The van der Waals surface area contributed by atoms with Crippen LogP contribution in [0.4, 0.5) is 0 Å². The van der Waals surface area contributed by atoms with Crippen LogP contribution in [0.1, 0.15) is 25.0 Å². The highest BCUT2D eigenvalue weighted by Gasteiger charge is 2.40. The van der Waals surface area contributed by atoms with Crippen molar-refractivity contribution >= 4 is 5.97 Å². The van der Waals surface area contributed by atoms with E-state index in [1.165, 1.54) is 0 Å². The molecule has 2 rings (SSSR count). The Bertz CT molecular complexity index is 581. The summed E-state index contributed by atoms with van der Waals surface area (Å²) in [5.41, 5.74) is 0.656. The van der Waals surface area contributed by atoms with Gasteiger partial charge in [0.25, 0.3) is 0 Å². The molecule has 0 aliphatic rings. The lowest BCUT2D eigenvalue weighted by Gasteiger charge is -2.33. The molecule has 0 fully saturated rings. The topological polar surface area (TPSA) is 49.3 Å². The van der Waals surface area contributed by atoms with Crippen LogP contribution >= 0.6 is 0 Å². The van der Waals surface area contributed by atoms with E-state index in [4.69, 9.17) is 0 Å². The van der Waals surface area contributed by atoms with Gasteiger partial charge in [-0.1, -0.05) is 60.7 Å². The van der Waals surface area contributed by atoms with Gasteiger partial charge >= 0.3 is 5.97 Å². The molecular formula is C18H21NO2. The van der Waals surface area contributed by atoms with Gasteiger partial charge in [-0.05, 0) is 25.0 Å². The molecule has 0 saturated carbocycles. The standard InChI is InChI=1S/C18H21NO2/c1-14(2)19-18(17(20)21,16-11-7-4-8-12-16)13-15-9-5-3-6-10-15/h3-12,14,19H,13H2,1-2H3,(H,20,21). The summed E-state index contributed by atoms with van der Waals surface area (Å²) in [4.78, 5) is 12.1. The first-order valence-corrected chi connectivity index (χ1v) is 7.15. The Hall–Kier alpha value is -2.13. The molecule has 1 atom stereocenters. The van der Waals surface area contributed by atoms with Crippen LogP contribution in [-0.2, 0) is 16.8 Å². The molecule has 0 radical (unpaired) electrons. The third-order valence-electron chi connectivity index (χ3n) is 3.48. The zero-order valence-corrected chi connectivity index (χ0v) is 12.4. The minimum Gasteiger partial charge on any atom is -0.480 e. The highest BCUT2D eigenvalue weighted by Crippen LogP contribution is 2.27. The van der Waals surface area contributed by atoms with Crippen molar-refractivity contribution in [1.82, 2.24) is 5.32 Å². The summed E-state index contributed by atoms with van der Waals surface area (Å²) in [6.07, 6.45) is 0.408. The van der Waals surface area contributed by atoms with Crippen LogP contribution in [0.3, 0.4) is 0 Å². The molecule has 21 heavy (non-hydrogen) atoms. The van der Waals surface area contributed by atoms with E-state index in [2.05, 4.69) is 5.32 Å². The smallest absolute Gasteiger partial charge is 0.328 e. The Morgan fingerprint density at radius 3 is 2.05 bits per heavy atom. The van der Waals surface area contributed by atoms with E-state index in [0.29, 0.717) is 6.42 Å². The summed E-state index contributed by atoms with van der Waals surface area (Å²) >= 11 is 0. The fourth-order valence-corrected chi connectivity index (χ4v) is 2.61. The first-order chi connectivity index (χ1) is 10.0. The maximum absolute atomic E-state index is 12.1. The molecule has 0 aliphatic heterocycles. The second-order valence-corrected chi connectivity index (χ2v) is 5.54. The van der Waals surface area contributed by atoms with Crippen molar-refractivity contribution in [2.24, 2.45) is 0 Å². The van der Waals surface area contributed by atoms with Gasteiger partial charge in [-0.3, -0.25) is 5.32 Å². The molecule has 0 aromatic heterocycles. The number of nitrogens with one attached hydrogen (secondary N) is 1. The van der Waals surface area contributed by atoms with E-state index in [9.17, 15) is 9.90 Å². The largest absolute Gasteiger partial charge is 0.480 e. The summed E-state index contributed by atoms with van der Waals surface area (Å²) in [7, 11) is 0. The van der Waals surface area contributed by atoms with E-state index < -0.39 is 11.5 Å². The van der Waals surface area contributed by atoms with Gasteiger partial charge in [0.05, 0.1) is 0 Å². The zero-order chi connectivity index (χ0) is 15.3. The molecule has 3 nitrogen and oxygen atoms in total. The molecule has 0 heterocycles. The van der Waals surface area contributed by atoms with E-state index >= 15 is 0 Å². The van der Waals surface area contributed by atoms with Crippen molar-refractivity contribution in [2.75, 3.05) is 0 Å². The first-order valence-electron chi connectivity index (χ1n) is 7.15. The van der Waals surface area contributed by atoms with E-state index in [0.717, 1.165) is 11.1 Å². The molecule has 3 heteroatoms. The molecule has 1 unspecified atom stereocenters. The summed E-state index contributed by atoms with van der Waals surface area (Å²) in [5, 5.41) is 13.2. The highest BCUT2D eigenvalue weighted by molar-refractivity contribution is 5.81. The van der Waals surface area contributed by atoms with E-state index in [1.807, 2.05) is 74.5 Å². The average Bonchev–Trinajstić information content (AvgIpc) is 2.48. The lowest BCUT2D eigenvalue weighted by Crippen LogP contribution is -2.53. The van der Waals surface area contributed by atoms with Crippen LogP contribution in [0.25, 0.3) is 0 Å². The minimum atomic E-state index is -1.11. The number of carboxylic acids is 1. The molecule has 0 spiro atoms. The molecule has 0 saturated heterocycles. The van der Waals surface area contributed by atoms with Crippen LogP contribution in [0.2, 0.25) is 0 Å². The second-order valence-electron chi connectivity index (χ2n) is 5.54. The van der Waals surface area contributed by atoms with Gasteiger partial charge in [0.2, 0.25) is 0 Å². The van der Waals surface area contributed by atoms with Crippen LogP contribution in [0, 0.1) is 0 Å². The van der Waals surface area contributed by atoms with Crippen molar-refractivity contribution in [1.29, 1.82) is 0 Å². The van der Waals surface area contributed by atoms with Gasteiger partial charge in [0.15, 0.2) is 0 Å². The average molecular weight is 283 g/mol. The molecule has 2 aromatic rings. The molecule has 110 valence electrons. The number of hydrogen-bond acceptors (Lipinski definition) is 2. The molecular weight excluding hydrogens is 262 g/mol. The Labute approximate surface area is 125 Å². The molecule has 2 N–H and O–H groups in total. The fourth-order valence-electron chi connectivity index (χ4n) is 2.61. The number of hydrogen-bond donors (Lipinski definition) is 2. The number of carbonyl (C=O) groups is 1. The molecule has 0 amide bonds. The Kier molecular flexibility index (Phi) is 4.76. The monoisotopic (exact) mass is 283 g/mol. The normalized spacial score (nSPS) is 13.9. The maximum atomic E-state index is 12.1. The summed E-state index contributed by atoms with van der Waals surface area (Å²) in [6.45, 7) is 3.93. The molecule has 2 aromatic carbocycles. The number of aliphatic carboxylic acids is 1. The van der Waals surface area contributed by atoms with Crippen molar-refractivity contribution in [2.45, 2.75) is 31.8 Å². The van der Waals surface area contributed by atoms with Gasteiger partial charge in [0, 0.05) is 12.5 Å². The van der Waals surface area contributed by atoms with Gasteiger partial charge in [-0.25, -0.2) is 4.79 Å². The molecule has 0 bridgehead atoms. The third kappa shape index (κ3) is 3.50.